The summed E-state index contributed by atoms with van der Waals surface area (Å²) in [6, 6.07) is 8.09. The summed E-state index contributed by atoms with van der Waals surface area (Å²) in [4.78, 5) is 34.4. The first-order chi connectivity index (χ1) is 13.4. The van der Waals surface area contributed by atoms with Crippen molar-refractivity contribution in [2.45, 2.75) is 33.6 Å². The van der Waals surface area contributed by atoms with Crippen molar-refractivity contribution in [3.63, 3.8) is 0 Å². The number of anilines is 1. The van der Waals surface area contributed by atoms with Gasteiger partial charge in [-0.1, -0.05) is 36.8 Å². The molecule has 2 amide bonds. The van der Waals surface area contributed by atoms with Crippen LogP contribution in [0.2, 0.25) is 0 Å². The van der Waals surface area contributed by atoms with Crippen LogP contribution in [-0.4, -0.2) is 59.3 Å². The van der Waals surface area contributed by atoms with Crippen molar-refractivity contribution in [1.29, 1.82) is 0 Å². The second-order valence-corrected chi connectivity index (χ2v) is 8.45. The molecule has 1 aromatic carbocycles. The summed E-state index contributed by atoms with van der Waals surface area (Å²) >= 11 is 1.52. The zero-order valence-electron chi connectivity index (χ0n) is 16.8. The van der Waals surface area contributed by atoms with Gasteiger partial charge in [0.15, 0.2) is 5.13 Å². The number of nitrogens with one attached hydrogen (secondary N) is 1. The minimum atomic E-state index is -0.0455. The van der Waals surface area contributed by atoms with Crippen LogP contribution >= 0.6 is 11.3 Å². The smallest absolute Gasteiger partial charge is 0.240 e. The van der Waals surface area contributed by atoms with Gasteiger partial charge in [0.1, 0.15) is 0 Å². The number of hydrogen-bond donors (Lipinski definition) is 1. The monoisotopic (exact) mass is 400 g/mol. The van der Waals surface area contributed by atoms with E-state index in [2.05, 4.69) is 22.1 Å². The number of thiazole rings is 1. The Balaban J connectivity index is 1.43. The number of aryl methyl sites for hydroxylation is 3. The van der Waals surface area contributed by atoms with Crippen molar-refractivity contribution >= 4 is 28.3 Å². The third-order valence-corrected chi connectivity index (χ3v) is 5.97. The molecule has 6 nitrogen and oxygen atoms in total. The topological polar surface area (TPSA) is 65.5 Å². The normalized spacial score (nSPS) is 14.9. The molecule has 1 aromatic heterocycles. The number of amides is 2. The van der Waals surface area contributed by atoms with Crippen molar-refractivity contribution < 1.29 is 9.59 Å². The quantitative estimate of drug-likeness (QED) is 0.810. The lowest BCUT2D eigenvalue weighted by Crippen LogP contribution is -2.50. The van der Waals surface area contributed by atoms with Crippen LogP contribution < -0.4 is 5.32 Å². The highest BCUT2D eigenvalue weighted by Crippen LogP contribution is 2.22. The van der Waals surface area contributed by atoms with E-state index in [4.69, 9.17) is 0 Å². The van der Waals surface area contributed by atoms with Gasteiger partial charge < -0.3 is 10.2 Å². The lowest BCUT2D eigenvalue weighted by atomic mass is 10.1. The van der Waals surface area contributed by atoms with Crippen molar-refractivity contribution in [3.8, 4) is 0 Å². The Bertz CT molecular complexity index is 823. The molecule has 0 spiro atoms. The van der Waals surface area contributed by atoms with Crippen molar-refractivity contribution in [2.24, 2.45) is 0 Å². The van der Waals surface area contributed by atoms with Gasteiger partial charge in [0, 0.05) is 31.1 Å². The Hall–Kier alpha value is -2.25. The van der Waals surface area contributed by atoms with Gasteiger partial charge in [-0.2, -0.15) is 0 Å². The van der Waals surface area contributed by atoms with Crippen LogP contribution in [0.3, 0.4) is 0 Å². The molecule has 0 radical (unpaired) electrons. The molecule has 7 heteroatoms. The van der Waals surface area contributed by atoms with Gasteiger partial charge in [-0.15, -0.1) is 11.3 Å². The zero-order valence-corrected chi connectivity index (χ0v) is 17.6. The highest BCUT2D eigenvalue weighted by Gasteiger charge is 2.22. The molecule has 0 atom stereocenters. The van der Waals surface area contributed by atoms with E-state index in [-0.39, 0.29) is 11.8 Å². The summed E-state index contributed by atoms with van der Waals surface area (Å²) in [5.74, 6) is 0.106. The summed E-state index contributed by atoms with van der Waals surface area (Å²) in [6.07, 6.45) is 1.31. The van der Waals surface area contributed by atoms with E-state index in [1.807, 2.05) is 43.0 Å². The second kappa shape index (κ2) is 9.30. The maximum absolute atomic E-state index is 12.5. The van der Waals surface area contributed by atoms with E-state index in [0.29, 0.717) is 44.3 Å². The lowest BCUT2D eigenvalue weighted by molar-refractivity contribution is -0.132. The van der Waals surface area contributed by atoms with Gasteiger partial charge in [0.2, 0.25) is 11.8 Å². The van der Waals surface area contributed by atoms with Crippen LogP contribution in [0.25, 0.3) is 0 Å². The molecule has 1 fully saturated rings. The molecule has 0 saturated carbocycles. The molecule has 0 aliphatic carbocycles. The Morgan fingerprint density at radius 2 is 1.79 bits per heavy atom. The van der Waals surface area contributed by atoms with Gasteiger partial charge in [-0.05, 0) is 25.8 Å². The number of rotatable bonds is 6. The zero-order chi connectivity index (χ0) is 20.1. The second-order valence-electron chi connectivity index (χ2n) is 7.24. The number of benzene rings is 1. The third-order valence-electron chi connectivity index (χ3n) is 5.04. The Labute approximate surface area is 170 Å². The summed E-state index contributed by atoms with van der Waals surface area (Å²) in [6.45, 7) is 9.21. The number of carbonyl (C=O) groups is 2. The molecule has 3 rings (SSSR count). The van der Waals surface area contributed by atoms with Crippen molar-refractivity contribution in [2.75, 3.05) is 38.0 Å². The van der Waals surface area contributed by atoms with Crippen LogP contribution in [0.15, 0.2) is 24.3 Å². The van der Waals surface area contributed by atoms with Crippen LogP contribution in [0.4, 0.5) is 5.13 Å². The van der Waals surface area contributed by atoms with Crippen LogP contribution in [-0.2, 0) is 22.4 Å². The fourth-order valence-electron chi connectivity index (χ4n) is 3.32. The Kier molecular flexibility index (Phi) is 6.80. The molecule has 150 valence electrons. The maximum Gasteiger partial charge on any atom is 0.240 e. The lowest BCUT2D eigenvalue weighted by Gasteiger charge is -2.34. The standard InChI is InChI=1S/C21H28N4O2S/c1-4-18-16(3)28-21(22-18)23-19(26)14-24-9-11-25(12-10-24)20(27)13-17-7-5-15(2)6-8-17/h5-8H,4,9-14H2,1-3H3,(H,22,23,26). The predicted octanol–water partition coefficient (Wildman–Crippen LogP) is 2.65. The van der Waals surface area contributed by atoms with Crippen LogP contribution in [0.5, 0.6) is 0 Å². The fraction of sp³-hybridized carbons (Fsp3) is 0.476. The van der Waals surface area contributed by atoms with E-state index >= 15 is 0 Å². The largest absolute Gasteiger partial charge is 0.340 e. The molecular formula is C21H28N4O2S. The molecule has 2 aromatic rings. The van der Waals surface area contributed by atoms with E-state index in [0.717, 1.165) is 22.6 Å². The number of piperazine rings is 1. The molecule has 1 saturated heterocycles. The van der Waals surface area contributed by atoms with Gasteiger partial charge in [-0.25, -0.2) is 4.98 Å². The van der Waals surface area contributed by atoms with Gasteiger partial charge in [0.05, 0.1) is 18.7 Å². The first-order valence-electron chi connectivity index (χ1n) is 9.76. The van der Waals surface area contributed by atoms with E-state index in [9.17, 15) is 9.59 Å². The molecule has 1 aliphatic rings. The van der Waals surface area contributed by atoms with Crippen molar-refractivity contribution in [1.82, 2.24) is 14.8 Å². The fourth-order valence-corrected chi connectivity index (χ4v) is 4.24. The molecule has 2 heterocycles. The molecule has 28 heavy (non-hydrogen) atoms. The molecule has 0 bridgehead atoms. The SMILES string of the molecule is CCc1nc(NC(=O)CN2CCN(C(=O)Cc3ccc(C)cc3)CC2)sc1C. The van der Waals surface area contributed by atoms with E-state index < -0.39 is 0 Å². The predicted molar refractivity (Wildman–Crippen MR) is 113 cm³/mol. The first-order valence-corrected chi connectivity index (χ1v) is 10.6. The van der Waals surface area contributed by atoms with Crippen LogP contribution in [0.1, 0.15) is 28.6 Å². The maximum atomic E-state index is 12.5. The van der Waals surface area contributed by atoms with E-state index in [1.54, 1.807) is 0 Å². The number of nitrogens with zero attached hydrogens (tertiary/aromatic N) is 3. The van der Waals surface area contributed by atoms with Gasteiger partial charge in [-0.3, -0.25) is 14.5 Å². The Morgan fingerprint density at radius 3 is 2.39 bits per heavy atom. The van der Waals surface area contributed by atoms with Crippen molar-refractivity contribution in [3.05, 3.63) is 46.0 Å². The van der Waals surface area contributed by atoms with Crippen LogP contribution in [0, 0.1) is 13.8 Å². The molecular weight excluding hydrogens is 372 g/mol. The molecule has 1 aliphatic heterocycles. The van der Waals surface area contributed by atoms with E-state index in [1.165, 1.54) is 16.9 Å². The van der Waals surface area contributed by atoms with Gasteiger partial charge >= 0.3 is 0 Å². The minimum Gasteiger partial charge on any atom is -0.340 e. The highest BCUT2D eigenvalue weighted by atomic mass is 32.1. The average Bonchev–Trinajstić information content (AvgIpc) is 3.03. The Morgan fingerprint density at radius 1 is 1.11 bits per heavy atom. The first kappa shape index (κ1) is 20.5. The molecule has 1 N–H and O–H groups in total. The summed E-state index contributed by atoms with van der Waals surface area (Å²) in [5.41, 5.74) is 3.28. The summed E-state index contributed by atoms with van der Waals surface area (Å²) in [5, 5.41) is 3.57. The van der Waals surface area contributed by atoms with Gasteiger partial charge in [0.25, 0.3) is 0 Å². The number of hydrogen-bond acceptors (Lipinski definition) is 5. The molecule has 0 unspecified atom stereocenters. The number of carbonyl (C=O) groups excluding carboxylic acids is 2. The number of aromatic nitrogens is 1. The summed E-state index contributed by atoms with van der Waals surface area (Å²) in [7, 11) is 0. The highest BCUT2D eigenvalue weighted by molar-refractivity contribution is 7.15. The average molecular weight is 401 g/mol. The minimum absolute atomic E-state index is 0.0455. The summed E-state index contributed by atoms with van der Waals surface area (Å²) < 4.78 is 0. The third kappa shape index (κ3) is 5.39.